The summed E-state index contributed by atoms with van der Waals surface area (Å²) in [4.78, 5) is 4.71. The Morgan fingerprint density at radius 2 is 2.17 bits per heavy atom. The Kier molecular flexibility index (Phi) is 2.21. The summed E-state index contributed by atoms with van der Waals surface area (Å²) in [6.45, 7) is 2.17. The highest BCUT2D eigenvalue weighted by atomic mass is 19.1. The molecule has 2 aliphatic rings. The number of fused-ring (bicyclic) bond motifs is 1. The quantitative estimate of drug-likeness (QED) is 0.899. The van der Waals surface area contributed by atoms with Crippen LogP contribution in [-0.2, 0) is 6.42 Å². The number of imidazole rings is 1. The van der Waals surface area contributed by atoms with E-state index in [-0.39, 0.29) is 5.82 Å². The van der Waals surface area contributed by atoms with Gasteiger partial charge in [0.05, 0.1) is 11.0 Å². The Balaban J connectivity index is 1.81. The van der Waals surface area contributed by atoms with Crippen LogP contribution in [0.25, 0.3) is 11.0 Å². The Bertz CT molecular complexity index is 596. The molecule has 1 saturated carbocycles. The number of nitrogens with zero attached hydrogens (tertiary/aromatic N) is 2. The van der Waals surface area contributed by atoms with Gasteiger partial charge in [0.25, 0.3) is 0 Å². The average Bonchev–Trinajstić information content (AvgIpc) is 3.06. The van der Waals surface area contributed by atoms with Crippen molar-refractivity contribution in [1.29, 1.82) is 0 Å². The molecule has 2 heterocycles. The van der Waals surface area contributed by atoms with Crippen molar-refractivity contribution in [3.05, 3.63) is 29.8 Å². The lowest BCUT2D eigenvalue weighted by Crippen LogP contribution is -2.43. The summed E-state index contributed by atoms with van der Waals surface area (Å²) in [6.07, 6.45) is 3.43. The zero-order valence-electron chi connectivity index (χ0n) is 10.2. The number of hydrogen-bond donors (Lipinski definition) is 1. The smallest absolute Gasteiger partial charge is 0.125 e. The maximum absolute atomic E-state index is 13.4. The molecule has 1 N–H and O–H groups in total. The highest BCUT2D eigenvalue weighted by Gasteiger charge is 2.30. The van der Waals surface area contributed by atoms with Gasteiger partial charge >= 0.3 is 0 Å². The fourth-order valence-corrected chi connectivity index (χ4v) is 2.75. The zero-order valence-corrected chi connectivity index (χ0v) is 10.2. The molecule has 2 fully saturated rings. The van der Waals surface area contributed by atoms with Gasteiger partial charge in [-0.25, -0.2) is 9.37 Å². The predicted molar refractivity (Wildman–Crippen MR) is 68.0 cm³/mol. The van der Waals surface area contributed by atoms with Gasteiger partial charge in [0.2, 0.25) is 0 Å². The molecule has 4 rings (SSSR count). The van der Waals surface area contributed by atoms with Crippen molar-refractivity contribution >= 4 is 11.0 Å². The minimum atomic E-state index is -0.166. The molecule has 94 valence electrons. The molecule has 2 aromatic rings. The molecular weight excluding hydrogens is 229 g/mol. The first-order valence-electron chi connectivity index (χ1n) is 6.68. The van der Waals surface area contributed by atoms with Crippen LogP contribution in [-0.4, -0.2) is 22.6 Å². The standard InChI is InChI=1S/C14H16FN3/c15-10-1-4-12-13(6-10)18(11-2-3-11)14(17-12)5-9-7-16-8-9/h1,4,6,9,11,16H,2-3,5,7-8H2. The van der Waals surface area contributed by atoms with Crippen LogP contribution >= 0.6 is 0 Å². The maximum Gasteiger partial charge on any atom is 0.125 e. The molecule has 1 aromatic carbocycles. The molecule has 0 unspecified atom stereocenters. The van der Waals surface area contributed by atoms with Crippen LogP contribution in [0.4, 0.5) is 4.39 Å². The highest BCUT2D eigenvalue weighted by Crippen LogP contribution is 2.39. The highest BCUT2D eigenvalue weighted by molar-refractivity contribution is 5.76. The van der Waals surface area contributed by atoms with Gasteiger partial charge in [-0.15, -0.1) is 0 Å². The fourth-order valence-electron chi connectivity index (χ4n) is 2.75. The lowest BCUT2D eigenvalue weighted by atomic mass is 9.99. The number of aromatic nitrogens is 2. The van der Waals surface area contributed by atoms with Crippen molar-refractivity contribution in [3.63, 3.8) is 0 Å². The topological polar surface area (TPSA) is 29.9 Å². The van der Waals surface area contributed by atoms with E-state index in [4.69, 9.17) is 4.98 Å². The van der Waals surface area contributed by atoms with E-state index >= 15 is 0 Å². The van der Waals surface area contributed by atoms with Gasteiger partial charge in [-0.3, -0.25) is 0 Å². The van der Waals surface area contributed by atoms with E-state index in [2.05, 4.69) is 9.88 Å². The first-order valence-corrected chi connectivity index (χ1v) is 6.68. The first-order chi connectivity index (χ1) is 8.81. The molecule has 1 aliphatic carbocycles. The minimum Gasteiger partial charge on any atom is -0.325 e. The Morgan fingerprint density at radius 3 is 2.83 bits per heavy atom. The fraction of sp³-hybridized carbons (Fsp3) is 0.500. The summed E-state index contributed by atoms with van der Waals surface area (Å²) in [5.74, 6) is 1.68. The van der Waals surface area contributed by atoms with Gasteiger partial charge in [0.1, 0.15) is 11.6 Å². The van der Waals surface area contributed by atoms with Crippen LogP contribution in [0.15, 0.2) is 18.2 Å². The van der Waals surface area contributed by atoms with Crippen molar-refractivity contribution in [2.45, 2.75) is 25.3 Å². The molecular formula is C14H16FN3. The van der Waals surface area contributed by atoms with E-state index in [0.29, 0.717) is 12.0 Å². The average molecular weight is 245 g/mol. The van der Waals surface area contributed by atoms with Crippen molar-refractivity contribution in [2.75, 3.05) is 13.1 Å². The predicted octanol–water partition coefficient (Wildman–Crippen LogP) is 2.27. The maximum atomic E-state index is 13.4. The molecule has 0 spiro atoms. The summed E-state index contributed by atoms with van der Waals surface area (Å²) in [5.41, 5.74) is 1.91. The van der Waals surface area contributed by atoms with Gasteiger partial charge < -0.3 is 9.88 Å². The van der Waals surface area contributed by atoms with Crippen LogP contribution in [0.1, 0.15) is 24.7 Å². The molecule has 1 aliphatic heterocycles. The lowest BCUT2D eigenvalue weighted by molar-refractivity contribution is 0.337. The summed E-state index contributed by atoms with van der Waals surface area (Å²) in [5, 5.41) is 3.29. The van der Waals surface area contributed by atoms with Crippen molar-refractivity contribution in [2.24, 2.45) is 5.92 Å². The SMILES string of the molecule is Fc1ccc2nc(CC3CNC3)n(C3CC3)c2c1. The van der Waals surface area contributed by atoms with Crippen LogP contribution in [0.5, 0.6) is 0 Å². The second-order valence-corrected chi connectivity index (χ2v) is 5.49. The lowest BCUT2D eigenvalue weighted by Gasteiger charge is -2.26. The Morgan fingerprint density at radius 1 is 1.33 bits per heavy atom. The Labute approximate surface area is 105 Å². The Hall–Kier alpha value is -1.42. The molecule has 1 saturated heterocycles. The van der Waals surface area contributed by atoms with E-state index in [1.807, 2.05) is 0 Å². The van der Waals surface area contributed by atoms with Gasteiger partial charge in [-0.2, -0.15) is 0 Å². The summed E-state index contributed by atoms with van der Waals surface area (Å²) in [7, 11) is 0. The van der Waals surface area contributed by atoms with E-state index < -0.39 is 0 Å². The third-order valence-corrected chi connectivity index (χ3v) is 3.97. The van der Waals surface area contributed by atoms with Crippen LogP contribution < -0.4 is 5.32 Å². The molecule has 0 bridgehead atoms. The van der Waals surface area contributed by atoms with Gasteiger partial charge in [-0.1, -0.05) is 0 Å². The molecule has 3 nitrogen and oxygen atoms in total. The molecule has 4 heteroatoms. The molecule has 0 atom stereocenters. The van der Waals surface area contributed by atoms with Crippen molar-refractivity contribution in [3.8, 4) is 0 Å². The van der Waals surface area contributed by atoms with Crippen LogP contribution in [0, 0.1) is 11.7 Å². The number of hydrogen-bond acceptors (Lipinski definition) is 2. The number of rotatable bonds is 3. The first kappa shape index (κ1) is 10.5. The number of halogens is 1. The molecule has 1 aromatic heterocycles. The second kappa shape index (κ2) is 3.79. The molecule has 0 amide bonds. The van der Waals surface area contributed by atoms with Gasteiger partial charge in [0, 0.05) is 12.5 Å². The third-order valence-electron chi connectivity index (χ3n) is 3.97. The summed E-state index contributed by atoms with van der Waals surface area (Å²) < 4.78 is 15.7. The van der Waals surface area contributed by atoms with Crippen LogP contribution in [0.3, 0.4) is 0 Å². The largest absolute Gasteiger partial charge is 0.325 e. The van der Waals surface area contributed by atoms with Crippen molar-refractivity contribution < 1.29 is 4.39 Å². The van der Waals surface area contributed by atoms with E-state index in [1.54, 1.807) is 12.1 Å². The normalized spacial score (nSPS) is 20.3. The third kappa shape index (κ3) is 1.63. The summed E-state index contributed by atoms with van der Waals surface area (Å²) >= 11 is 0. The number of benzene rings is 1. The molecule has 0 radical (unpaired) electrons. The zero-order chi connectivity index (χ0) is 12.1. The number of nitrogens with one attached hydrogen (secondary N) is 1. The minimum absolute atomic E-state index is 0.166. The van der Waals surface area contributed by atoms with E-state index in [0.717, 1.165) is 36.4 Å². The summed E-state index contributed by atoms with van der Waals surface area (Å²) in [6, 6.07) is 5.48. The van der Waals surface area contributed by atoms with Gasteiger partial charge in [0.15, 0.2) is 0 Å². The second-order valence-electron chi connectivity index (χ2n) is 5.49. The van der Waals surface area contributed by atoms with Crippen LogP contribution in [0.2, 0.25) is 0 Å². The van der Waals surface area contributed by atoms with Gasteiger partial charge in [-0.05, 0) is 50.0 Å². The van der Waals surface area contributed by atoms with Crippen molar-refractivity contribution in [1.82, 2.24) is 14.9 Å². The monoisotopic (exact) mass is 245 g/mol. The van der Waals surface area contributed by atoms with E-state index in [9.17, 15) is 4.39 Å². The molecule has 18 heavy (non-hydrogen) atoms. The van der Waals surface area contributed by atoms with E-state index in [1.165, 1.54) is 18.9 Å².